The summed E-state index contributed by atoms with van der Waals surface area (Å²) in [5.41, 5.74) is 6.62. The molecule has 0 bridgehead atoms. The summed E-state index contributed by atoms with van der Waals surface area (Å²) in [5.74, 6) is 0.325. The molecule has 0 spiro atoms. The van der Waals surface area contributed by atoms with Crippen molar-refractivity contribution in [2.45, 2.75) is 46.1 Å². The van der Waals surface area contributed by atoms with Gasteiger partial charge in [0.1, 0.15) is 5.82 Å². The van der Waals surface area contributed by atoms with Crippen LogP contribution in [-0.4, -0.2) is 21.3 Å². The molecule has 2 atom stereocenters. The van der Waals surface area contributed by atoms with Gasteiger partial charge in [-0.1, -0.05) is 24.6 Å². The Bertz CT molecular complexity index is 1170. The standard InChI is InChI=1S/C26H24FN3.C2H6O/c1-26-16-30-17-29-25(20-9-11-23(27)12-10-20)24(30)14-22(26)4-2-3-21(26)13-18-5-7-19(15-28)8-6-18;1-2-3/h5-12,14,17,21H,2-4,13,16H2,1H3;3H,2H2,1H3/t21-,26-;/m1./s1. The van der Waals surface area contributed by atoms with Crippen molar-refractivity contribution in [2.24, 2.45) is 11.3 Å². The van der Waals surface area contributed by atoms with Crippen LogP contribution in [0, 0.1) is 28.5 Å². The summed E-state index contributed by atoms with van der Waals surface area (Å²) in [4.78, 5) is 4.68. The van der Waals surface area contributed by atoms with Gasteiger partial charge in [0.2, 0.25) is 0 Å². The van der Waals surface area contributed by atoms with Gasteiger partial charge in [0.15, 0.2) is 0 Å². The largest absolute Gasteiger partial charge is 0.397 e. The molecule has 1 fully saturated rings. The van der Waals surface area contributed by atoms with Gasteiger partial charge in [-0.05, 0) is 86.6 Å². The lowest BCUT2D eigenvalue weighted by Gasteiger charge is -2.46. The van der Waals surface area contributed by atoms with Gasteiger partial charge >= 0.3 is 0 Å². The summed E-state index contributed by atoms with van der Waals surface area (Å²) in [6.07, 6.45) is 8.81. The second-order valence-electron chi connectivity index (χ2n) is 9.12. The maximum absolute atomic E-state index is 13.4. The molecular weight excluding hydrogens is 413 g/mol. The summed E-state index contributed by atoms with van der Waals surface area (Å²) in [7, 11) is 0. The second-order valence-corrected chi connectivity index (χ2v) is 9.12. The molecule has 1 aliphatic carbocycles. The van der Waals surface area contributed by atoms with Crippen molar-refractivity contribution in [1.82, 2.24) is 9.55 Å². The molecule has 33 heavy (non-hydrogen) atoms. The number of hydrogen-bond acceptors (Lipinski definition) is 3. The van der Waals surface area contributed by atoms with Gasteiger partial charge < -0.3 is 9.67 Å². The molecule has 5 heteroatoms. The topological polar surface area (TPSA) is 61.8 Å². The highest BCUT2D eigenvalue weighted by atomic mass is 19.1. The fraction of sp³-hybridized carbons (Fsp3) is 0.357. The SMILES string of the molecule is CCO.C[C@]12Cn3cnc(-c4ccc(F)cc4)c3C=C1CCC[C@@H]2Cc1ccc(C#N)cc1. The van der Waals surface area contributed by atoms with Gasteiger partial charge in [-0.3, -0.25) is 0 Å². The first-order valence-corrected chi connectivity index (χ1v) is 11.6. The minimum atomic E-state index is -0.226. The van der Waals surface area contributed by atoms with E-state index in [0.29, 0.717) is 11.5 Å². The Morgan fingerprint density at radius 1 is 1.18 bits per heavy atom. The maximum Gasteiger partial charge on any atom is 0.123 e. The van der Waals surface area contributed by atoms with E-state index < -0.39 is 0 Å². The van der Waals surface area contributed by atoms with Crippen molar-refractivity contribution < 1.29 is 9.50 Å². The molecule has 2 aromatic carbocycles. The van der Waals surface area contributed by atoms with Crippen molar-refractivity contribution in [1.29, 1.82) is 5.26 Å². The van der Waals surface area contributed by atoms with Crippen molar-refractivity contribution in [3.05, 3.63) is 83.1 Å². The zero-order valence-electron chi connectivity index (χ0n) is 19.3. The quantitative estimate of drug-likeness (QED) is 0.540. The number of aliphatic hydroxyl groups excluding tert-OH is 1. The average molecular weight is 444 g/mol. The predicted molar refractivity (Wildman–Crippen MR) is 129 cm³/mol. The van der Waals surface area contributed by atoms with Crippen LogP contribution in [0.4, 0.5) is 4.39 Å². The molecule has 0 unspecified atom stereocenters. The van der Waals surface area contributed by atoms with E-state index in [9.17, 15) is 4.39 Å². The average Bonchev–Trinajstić information content (AvgIpc) is 3.22. The summed E-state index contributed by atoms with van der Waals surface area (Å²) in [6.45, 7) is 5.25. The number of halogens is 1. The minimum absolute atomic E-state index is 0.0971. The monoisotopic (exact) mass is 443 g/mol. The van der Waals surface area contributed by atoms with E-state index in [1.807, 2.05) is 18.5 Å². The zero-order valence-corrected chi connectivity index (χ0v) is 19.3. The molecule has 0 radical (unpaired) electrons. The summed E-state index contributed by atoms with van der Waals surface area (Å²) in [5, 5.41) is 16.6. The number of allylic oxidation sites excluding steroid dienone is 1. The second kappa shape index (κ2) is 9.72. The van der Waals surface area contributed by atoms with Crippen LogP contribution in [0.3, 0.4) is 0 Å². The van der Waals surface area contributed by atoms with Crippen LogP contribution in [0.2, 0.25) is 0 Å². The third-order valence-corrected chi connectivity index (χ3v) is 7.00. The molecule has 4 nitrogen and oxygen atoms in total. The highest BCUT2D eigenvalue weighted by molar-refractivity contribution is 5.72. The van der Waals surface area contributed by atoms with Crippen molar-refractivity contribution >= 4 is 6.08 Å². The molecule has 2 heterocycles. The number of nitrogens with zero attached hydrogens (tertiary/aromatic N) is 3. The molecule has 3 aromatic rings. The molecule has 0 saturated heterocycles. The number of fused-ring (bicyclic) bond motifs is 2. The normalized spacial score (nSPS) is 21.1. The van der Waals surface area contributed by atoms with Crippen molar-refractivity contribution in [3.8, 4) is 17.3 Å². The lowest BCUT2D eigenvalue weighted by atomic mass is 9.61. The molecule has 1 N–H and O–H groups in total. The summed E-state index contributed by atoms with van der Waals surface area (Å²) in [6, 6.07) is 16.8. The Kier molecular flexibility index (Phi) is 6.76. The number of aromatic nitrogens is 2. The van der Waals surface area contributed by atoms with Gasteiger partial charge in [-0.2, -0.15) is 5.26 Å². The lowest BCUT2D eigenvalue weighted by Crippen LogP contribution is -2.40. The van der Waals surface area contributed by atoms with Gasteiger partial charge in [0.25, 0.3) is 0 Å². The molecular formula is C28H30FN3O. The molecule has 0 amide bonds. The minimum Gasteiger partial charge on any atom is -0.397 e. The molecule has 1 aromatic heterocycles. The first-order valence-electron chi connectivity index (χ1n) is 11.6. The molecule has 1 aliphatic heterocycles. The van der Waals surface area contributed by atoms with Gasteiger partial charge in [-0.15, -0.1) is 0 Å². The third kappa shape index (κ3) is 4.62. The Balaban J connectivity index is 0.000000821. The van der Waals surface area contributed by atoms with Crippen LogP contribution in [-0.2, 0) is 13.0 Å². The molecule has 2 aliphatic rings. The fourth-order valence-corrected chi connectivity index (χ4v) is 5.22. The maximum atomic E-state index is 13.4. The third-order valence-electron chi connectivity index (χ3n) is 7.00. The van der Waals surface area contributed by atoms with Crippen LogP contribution in [0.1, 0.15) is 49.9 Å². The number of hydrogen-bond donors (Lipinski definition) is 1. The predicted octanol–water partition coefficient (Wildman–Crippen LogP) is 6.01. The van der Waals surface area contributed by atoms with Gasteiger partial charge in [-0.25, -0.2) is 9.37 Å². The Hall–Kier alpha value is -3.23. The number of aliphatic hydroxyl groups is 1. The van der Waals surface area contributed by atoms with Crippen LogP contribution in [0.15, 0.2) is 60.4 Å². The van der Waals surface area contributed by atoms with Crippen LogP contribution >= 0.6 is 0 Å². The van der Waals surface area contributed by atoms with Crippen molar-refractivity contribution in [3.63, 3.8) is 0 Å². The zero-order chi connectivity index (χ0) is 23.4. The van der Waals surface area contributed by atoms with E-state index >= 15 is 0 Å². The van der Waals surface area contributed by atoms with E-state index in [4.69, 9.17) is 10.4 Å². The summed E-state index contributed by atoms with van der Waals surface area (Å²) < 4.78 is 15.6. The molecule has 5 rings (SSSR count). The number of benzene rings is 2. The highest BCUT2D eigenvalue weighted by Gasteiger charge is 2.43. The Labute approximate surface area is 195 Å². The number of nitriles is 1. The number of imidazole rings is 1. The van der Waals surface area contributed by atoms with E-state index in [0.717, 1.165) is 36.3 Å². The van der Waals surface area contributed by atoms with E-state index in [1.165, 1.54) is 36.1 Å². The fourth-order valence-electron chi connectivity index (χ4n) is 5.22. The first-order chi connectivity index (χ1) is 16.0. The van der Waals surface area contributed by atoms with Gasteiger partial charge in [0, 0.05) is 24.1 Å². The summed E-state index contributed by atoms with van der Waals surface area (Å²) >= 11 is 0. The van der Waals surface area contributed by atoms with Crippen LogP contribution in [0.25, 0.3) is 17.3 Å². The van der Waals surface area contributed by atoms with Crippen molar-refractivity contribution in [2.75, 3.05) is 6.61 Å². The van der Waals surface area contributed by atoms with Crippen LogP contribution < -0.4 is 0 Å². The molecule has 170 valence electrons. The first kappa shape index (κ1) is 22.9. The van der Waals surface area contributed by atoms with E-state index in [2.05, 4.69) is 40.8 Å². The Morgan fingerprint density at radius 2 is 1.88 bits per heavy atom. The van der Waals surface area contributed by atoms with E-state index in [-0.39, 0.29) is 17.8 Å². The Morgan fingerprint density at radius 3 is 2.55 bits per heavy atom. The lowest BCUT2D eigenvalue weighted by molar-refractivity contribution is 0.152. The highest BCUT2D eigenvalue weighted by Crippen LogP contribution is 2.51. The van der Waals surface area contributed by atoms with E-state index in [1.54, 1.807) is 19.1 Å². The molecule has 1 saturated carbocycles. The van der Waals surface area contributed by atoms with Gasteiger partial charge in [0.05, 0.1) is 29.3 Å². The smallest absolute Gasteiger partial charge is 0.123 e. The number of rotatable bonds is 3. The van der Waals surface area contributed by atoms with Crippen LogP contribution in [0.5, 0.6) is 0 Å².